The van der Waals surface area contributed by atoms with Crippen LogP contribution in [0.4, 0.5) is 0 Å². The first-order valence-corrected chi connectivity index (χ1v) is 6.43. The van der Waals surface area contributed by atoms with Gasteiger partial charge >= 0.3 is 0 Å². The second-order valence-electron chi connectivity index (χ2n) is 5.56. The minimum Gasteiger partial charge on any atom is -0.314 e. The van der Waals surface area contributed by atoms with Crippen LogP contribution in [0, 0.1) is 0 Å². The van der Waals surface area contributed by atoms with Gasteiger partial charge in [-0.1, -0.05) is 24.3 Å². The number of rotatable bonds is 0. The van der Waals surface area contributed by atoms with Crippen molar-refractivity contribution in [2.24, 2.45) is 0 Å². The van der Waals surface area contributed by atoms with Crippen molar-refractivity contribution in [3.05, 3.63) is 35.4 Å². The Labute approximate surface area is 96.6 Å². The molecule has 0 radical (unpaired) electrons. The monoisotopic (exact) mass is 214 g/mol. The van der Waals surface area contributed by atoms with Crippen molar-refractivity contribution in [2.75, 3.05) is 26.2 Å². The minimum absolute atomic E-state index is 0.546. The van der Waals surface area contributed by atoms with Crippen LogP contribution in [0.3, 0.4) is 0 Å². The van der Waals surface area contributed by atoms with Crippen LogP contribution in [-0.2, 0) is 5.41 Å². The molecule has 0 bridgehead atoms. The summed E-state index contributed by atoms with van der Waals surface area (Å²) < 4.78 is 0. The summed E-state index contributed by atoms with van der Waals surface area (Å²) in [5.74, 6) is 0. The highest BCUT2D eigenvalue weighted by molar-refractivity contribution is 5.43. The van der Waals surface area contributed by atoms with Gasteiger partial charge in [0.15, 0.2) is 0 Å². The molecular weight excluding hydrogens is 196 g/mol. The molecule has 84 valence electrons. The molecule has 2 aliphatic heterocycles. The van der Waals surface area contributed by atoms with E-state index < -0.39 is 0 Å². The molecule has 1 spiro atoms. The van der Waals surface area contributed by atoms with Crippen LogP contribution in [0.5, 0.6) is 0 Å². The van der Waals surface area contributed by atoms with Gasteiger partial charge in [-0.2, -0.15) is 0 Å². The molecule has 1 N–H and O–H groups in total. The Hall–Kier alpha value is -0.860. The summed E-state index contributed by atoms with van der Waals surface area (Å²) in [6, 6.07) is 9.77. The molecule has 1 aliphatic carbocycles. The highest BCUT2D eigenvalue weighted by Crippen LogP contribution is 2.54. The lowest BCUT2D eigenvalue weighted by molar-refractivity contribution is 0.131. The largest absolute Gasteiger partial charge is 0.314 e. The van der Waals surface area contributed by atoms with Crippen molar-refractivity contribution in [3.63, 3.8) is 0 Å². The number of piperazine rings is 1. The average Bonchev–Trinajstić information content (AvgIpc) is 3.10. The fourth-order valence-corrected chi connectivity index (χ4v) is 3.57. The average molecular weight is 214 g/mol. The molecule has 2 heteroatoms. The molecule has 2 nitrogen and oxygen atoms in total. The fourth-order valence-electron chi connectivity index (χ4n) is 3.57. The first-order chi connectivity index (χ1) is 7.89. The number of hydrogen-bond donors (Lipinski definition) is 1. The third kappa shape index (κ3) is 1.14. The number of fused-ring (bicyclic) bond motifs is 4. The van der Waals surface area contributed by atoms with Crippen molar-refractivity contribution in [1.82, 2.24) is 10.2 Å². The van der Waals surface area contributed by atoms with Gasteiger partial charge in [0.1, 0.15) is 0 Å². The van der Waals surface area contributed by atoms with Gasteiger partial charge in [0.25, 0.3) is 0 Å². The zero-order valence-electron chi connectivity index (χ0n) is 9.58. The Kier molecular flexibility index (Phi) is 1.77. The van der Waals surface area contributed by atoms with Crippen molar-refractivity contribution in [3.8, 4) is 0 Å². The fraction of sp³-hybridized carbons (Fsp3) is 0.571. The van der Waals surface area contributed by atoms with Crippen molar-refractivity contribution in [1.29, 1.82) is 0 Å². The molecule has 1 atom stereocenters. The second kappa shape index (κ2) is 3.08. The van der Waals surface area contributed by atoms with Crippen LogP contribution in [0.15, 0.2) is 24.3 Å². The zero-order valence-corrected chi connectivity index (χ0v) is 9.58. The molecule has 2 heterocycles. The maximum Gasteiger partial charge on any atom is 0.0476 e. The normalized spacial score (nSPS) is 30.9. The van der Waals surface area contributed by atoms with E-state index in [1.54, 1.807) is 11.1 Å². The van der Waals surface area contributed by atoms with E-state index in [1.807, 2.05) is 0 Å². The van der Waals surface area contributed by atoms with Gasteiger partial charge in [0.05, 0.1) is 0 Å². The SMILES string of the molecule is c1ccc2c(c1)C1CNCCN1CC21CC1. The van der Waals surface area contributed by atoms with E-state index in [0.29, 0.717) is 11.5 Å². The van der Waals surface area contributed by atoms with Crippen molar-refractivity contribution < 1.29 is 0 Å². The molecule has 0 amide bonds. The quantitative estimate of drug-likeness (QED) is 0.707. The molecule has 0 aromatic heterocycles. The Morgan fingerprint density at radius 2 is 2.12 bits per heavy atom. The zero-order chi connectivity index (χ0) is 10.6. The highest BCUT2D eigenvalue weighted by atomic mass is 15.2. The van der Waals surface area contributed by atoms with Gasteiger partial charge in [0, 0.05) is 37.6 Å². The predicted octanol–water partition coefficient (Wildman–Crippen LogP) is 1.68. The Balaban J connectivity index is 1.84. The topological polar surface area (TPSA) is 15.3 Å². The third-order valence-corrected chi connectivity index (χ3v) is 4.60. The van der Waals surface area contributed by atoms with E-state index in [-0.39, 0.29) is 0 Å². The maximum atomic E-state index is 3.53. The van der Waals surface area contributed by atoms with Gasteiger partial charge in [0.2, 0.25) is 0 Å². The molecule has 1 aromatic carbocycles. The summed E-state index contributed by atoms with van der Waals surface area (Å²) in [6.07, 6.45) is 2.81. The van der Waals surface area contributed by atoms with Crippen LogP contribution in [0.2, 0.25) is 0 Å². The number of nitrogens with zero attached hydrogens (tertiary/aromatic N) is 1. The smallest absolute Gasteiger partial charge is 0.0476 e. The lowest BCUT2D eigenvalue weighted by atomic mass is 9.82. The molecule has 1 aromatic rings. The Morgan fingerprint density at radius 1 is 1.25 bits per heavy atom. The van der Waals surface area contributed by atoms with Crippen LogP contribution >= 0.6 is 0 Å². The first kappa shape index (κ1) is 9.20. The molecule has 4 rings (SSSR count). The summed E-state index contributed by atoms with van der Waals surface area (Å²) in [6.45, 7) is 4.82. The maximum absolute atomic E-state index is 3.53. The summed E-state index contributed by atoms with van der Waals surface area (Å²) in [4.78, 5) is 2.70. The lowest BCUT2D eigenvalue weighted by Crippen LogP contribution is -2.51. The summed E-state index contributed by atoms with van der Waals surface area (Å²) in [7, 11) is 0. The van der Waals surface area contributed by atoms with Crippen LogP contribution in [0.25, 0.3) is 0 Å². The summed E-state index contributed by atoms with van der Waals surface area (Å²) in [5.41, 5.74) is 3.79. The van der Waals surface area contributed by atoms with E-state index >= 15 is 0 Å². The predicted molar refractivity (Wildman–Crippen MR) is 64.5 cm³/mol. The summed E-state index contributed by atoms with van der Waals surface area (Å²) >= 11 is 0. The molecule has 2 fully saturated rings. The number of hydrogen-bond acceptors (Lipinski definition) is 2. The molecule has 1 saturated carbocycles. The van der Waals surface area contributed by atoms with Crippen LogP contribution < -0.4 is 5.32 Å². The molecule has 16 heavy (non-hydrogen) atoms. The highest BCUT2D eigenvalue weighted by Gasteiger charge is 2.51. The number of nitrogens with one attached hydrogen (secondary N) is 1. The van der Waals surface area contributed by atoms with E-state index in [9.17, 15) is 0 Å². The molecule has 3 aliphatic rings. The van der Waals surface area contributed by atoms with Crippen LogP contribution in [-0.4, -0.2) is 31.1 Å². The second-order valence-corrected chi connectivity index (χ2v) is 5.56. The van der Waals surface area contributed by atoms with E-state index in [1.165, 1.54) is 25.9 Å². The first-order valence-electron chi connectivity index (χ1n) is 6.43. The lowest BCUT2D eigenvalue weighted by Gasteiger charge is -2.44. The van der Waals surface area contributed by atoms with Crippen molar-refractivity contribution in [2.45, 2.75) is 24.3 Å². The van der Waals surface area contributed by atoms with Crippen LogP contribution in [0.1, 0.15) is 30.0 Å². The molecule has 1 unspecified atom stereocenters. The van der Waals surface area contributed by atoms with Gasteiger partial charge in [-0.3, -0.25) is 4.90 Å². The minimum atomic E-state index is 0.546. The van der Waals surface area contributed by atoms with Gasteiger partial charge in [-0.25, -0.2) is 0 Å². The Bertz CT molecular complexity index is 422. The molecular formula is C14H18N2. The number of benzene rings is 1. The van der Waals surface area contributed by atoms with Gasteiger partial charge < -0.3 is 5.32 Å². The molecule has 1 saturated heterocycles. The van der Waals surface area contributed by atoms with E-state index in [0.717, 1.165) is 13.1 Å². The Morgan fingerprint density at radius 3 is 3.00 bits per heavy atom. The third-order valence-electron chi connectivity index (χ3n) is 4.60. The van der Waals surface area contributed by atoms with Gasteiger partial charge in [-0.05, 0) is 24.0 Å². The van der Waals surface area contributed by atoms with E-state index in [4.69, 9.17) is 0 Å². The van der Waals surface area contributed by atoms with Gasteiger partial charge in [-0.15, -0.1) is 0 Å². The van der Waals surface area contributed by atoms with Crippen molar-refractivity contribution >= 4 is 0 Å². The summed E-state index contributed by atoms with van der Waals surface area (Å²) in [5, 5.41) is 3.53. The van der Waals surface area contributed by atoms with E-state index in [2.05, 4.69) is 34.5 Å². The standard InChI is InChI=1S/C14H18N2/c1-2-4-12-11(3-1)13-9-15-7-8-16(13)10-14(12)5-6-14/h1-4,13,15H,5-10H2.